The standard InChI is InChI=1S/C26H24N4O4/c1-17(25(31)29-27-16-18-13-14-22(33-2)23(15-18)34-3)30-24(19-9-5-4-6-10-19)28-21-12-8-7-11-20(21)26(30)32/h4-17H,1-3H3,(H,29,31). The van der Waals surface area contributed by atoms with Crippen LogP contribution in [0.2, 0.25) is 0 Å². The Kier molecular flexibility index (Phi) is 6.68. The lowest BCUT2D eigenvalue weighted by molar-refractivity contribution is -0.123. The Morgan fingerprint density at radius 2 is 1.71 bits per heavy atom. The molecule has 0 saturated heterocycles. The summed E-state index contributed by atoms with van der Waals surface area (Å²) < 4.78 is 11.9. The Hall–Kier alpha value is -4.46. The molecule has 1 amide bonds. The number of nitrogens with zero attached hydrogens (tertiary/aromatic N) is 3. The molecule has 1 N–H and O–H groups in total. The van der Waals surface area contributed by atoms with Gasteiger partial charge in [-0.3, -0.25) is 14.2 Å². The van der Waals surface area contributed by atoms with Crippen LogP contribution in [0.5, 0.6) is 11.5 Å². The third kappa shape index (κ3) is 4.52. The molecule has 0 spiro atoms. The number of aromatic nitrogens is 2. The second-order valence-corrected chi connectivity index (χ2v) is 7.52. The number of rotatable bonds is 7. The van der Waals surface area contributed by atoms with Gasteiger partial charge in [0.15, 0.2) is 11.5 Å². The molecule has 8 heteroatoms. The number of hydrogen-bond donors (Lipinski definition) is 1. The van der Waals surface area contributed by atoms with E-state index < -0.39 is 11.9 Å². The van der Waals surface area contributed by atoms with Crippen molar-refractivity contribution in [2.24, 2.45) is 5.10 Å². The van der Waals surface area contributed by atoms with E-state index in [1.165, 1.54) is 10.8 Å². The maximum atomic E-state index is 13.4. The topological polar surface area (TPSA) is 94.8 Å². The van der Waals surface area contributed by atoms with Crippen LogP contribution >= 0.6 is 0 Å². The van der Waals surface area contributed by atoms with Crippen LogP contribution in [-0.4, -0.2) is 35.9 Å². The van der Waals surface area contributed by atoms with Crippen LogP contribution < -0.4 is 20.5 Å². The predicted molar refractivity (Wildman–Crippen MR) is 131 cm³/mol. The highest BCUT2D eigenvalue weighted by Gasteiger charge is 2.22. The lowest BCUT2D eigenvalue weighted by Gasteiger charge is -2.18. The van der Waals surface area contributed by atoms with Gasteiger partial charge < -0.3 is 9.47 Å². The van der Waals surface area contributed by atoms with E-state index in [4.69, 9.17) is 14.5 Å². The second kappa shape index (κ2) is 9.99. The third-order valence-electron chi connectivity index (χ3n) is 5.40. The molecule has 1 unspecified atom stereocenters. The monoisotopic (exact) mass is 456 g/mol. The number of hydrogen-bond acceptors (Lipinski definition) is 6. The van der Waals surface area contributed by atoms with Crippen LogP contribution in [-0.2, 0) is 4.79 Å². The fourth-order valence-electron chi connectivity index (χ4n) is 3.61. The number of fused-ring (bicyclic) bond motifs is 1. The van der Waals surface area contributed by atoms with Crippen molar-refractivity contribution in [3.05, 3.63) is 88.7 Å². The van der Waals surface area contributed by atoms with Crippen molar-refractivity contribution in [1.29, 1.82) is 0 Å². The van der Waals surface area contributed by atoms with Crippen molar-refractivity contribution in [3.63, 3.8) is 0 Å². The molecule has 0 fully saturated rings. The number of carbonyl (C=O) groups excluding carboxylic acids is 1. The lowest BCUT2D eigenvalue weighted by atomic mass is 10.1. The molecule has 8 nitrogen and oxygen atoms in total. The van der Waals surface area contributed by atoms with Crippen LogP contribution in [0.1, 0.15) is 18.5 Å². The van der Waals surface area contributed by atoms with Crippen LogP contribution in [0.25, 0.3) is 22.3 Å². The molecule has 0 aliphatic rings. The first-order valence-electron chi connectivity index (χ1n) is 10.6. The number of amides is 1. The molecule has 4 rings (SSSR count). The van der Waals surface area contributed by atoms with Crippen molar-refractivity contribution in [1.82, 2.24) is 15.0 Å². The summed E-state index contributed by atoms with van der Waals surface area (Å²) in [6, 6.07) is 20.8. The highest BCUT2D eigenvalue weighted by molar-refractivity contribution is 5.86. The zero-order valence-electron chi connectivity index (χ0n) is 19.1. The number of carbonyl (C=O) groups is 1. The molecule has 3 aromatic carbocycles. The summed E-state index contributed by atoms with van der Waals surface area (Å²) >= 11 is 0. The average Bonchev–Trinajstić information content (AvgIpc) is 2.88. The number of ether oxygens (including phenoxy) is 2. The van der Waals surface area contributed by atoms with Gasteiger partial charge in [0, 0.05) is 5.56 Å². The first kappa shape index (κ1) is 22.7. The minimum atomic E-state index is -0.859. The molecule has 0 bridgehead atoms. The van der Waals surface area contributed by atoms with E-state index in [1.807, 2.05) is 36.4 Å². The SMILES string of the molecule is COc1ccc(C=NNC(=O)C(C)n2c(-c3ccccc3)nc3ccccc3c2=O)cc1OC. The summed E-state index contributed by atoms with van der Waals surface area (Å²) in [4.78, 5) is 31.0. The number of methoxy groups -OCH3 is 2. The first-order valence-corrected chi connectivity index (χ1v) is 10.6. The number of nitrogens with one attached hydrogen (secondary N) is 1. The van der Waals surface area contributed by atoms with Crippen molar-refractivity contribution >= 4 is 23.0 Å². The summed E-state index contributed by atoms with van der Waals surface area (Å²) in [5.74, 6) is 1.10. The van der Waals surface area contributed by atoms with E-state index in [-0.39, 0.29) is 5.56 Å². The van der Waals surface area contributed by atoms with Gasteiger partial charge in [-0.25, -0.2) is 10.4 Å². The summed E-state index contributed by atoms with van der Waals surface area (Å²) in [5.41, 5.74) is 4.24. The Balaban J connectivity index is 1.65. The molecular formula is C26H24N4O4. The Bertz CT molecular complexity index is 1410. The van der Waals surface area contributed by atoms with E-state index in [9.17, 15) is 9.59 Å². The zero-order chi connectivity index (χ0) is 24.1. The van der Waals surface area contributed by atoms with Crippen molar-refractivity contribution in [2.45, 2.75) is 13.0 Å². The number of benzene rings is 3. The summed E-state index contributed by atoms with van der Waals surface area (Å²) in [6.45, 7) is 1.64. The van der Waals surface area contributed by atoms with Gasteiger partial charge in [-0.05, 0) is 42.8 Å². The summed E-state index contributed by atoms with van der Waals surface area (Å²) in [7, 11) is 3.10. The van der Waals surface area contributed by atoms with Crippen LogP contribution in [0.3, 0.4) is 0 Å². The molecular weight excluding hydrogens is 432 g/mol. The predicted octanol–water partition coefficient (Wildman–Crippen LogP) is 3.79. The van der Waals surface area contributed by atoms with E-state index >= 15 is 0 Å². The Morgan fingerprint density at radius 1 is 1.00 bits per heavy atom. The number of hydrazone groups is 1. The van der Waals surface area contributed by atoms with Crippen molar-refractivity contribution in [2.75, 3.05) is 14.2 Å². The normalized spacial score (nSPS) is 12.0. The van der Waals surface area contributed by atoms with Gasteiger partial charge in [-0.15, -0.1) is 0 Å². The van der Waals surface area contributed by atoms with Crippen molar-refractivity contribution in [3.8, 4) is 22.9 Å². The van der Waals surface area contributed by atoms with Crippen LogP contribution in [0, 0.1) is 0 Å². The number of para-hydroxylation sites is 1. The summed E-state index contributed by atoms with van der Waals surface area (Å²) in [6.07, 6.45) is 1.49. The molecule has 1 aromatic heterocycles. The van der Waals surface area contributed by atoms with E-state index in [2.05, 4.69) is 10.5 Å². The smallest absolute Gasteiger partial charge is 0.263 e. The minimum Gasteiger partial charge on any atom is -0.493 e. The second-order valence-electron chi connectivity index (χ2n) is 7.52. The van der Waals surface area contributed by atoms with Gasteiger partial charge in [0.25, 0.3) is 11.5 Å². The van der Waals surface area contributed by atoms with Crippen molar-refractivity contribution < 1.29 is 14.3 Å². The molecule has 0 aliphatic carbocycles. The first-order chi connectivity index (χ1) is 16.5. The van der Waals surface area contributed by atoms with Gasteiger partial charge in [-0.2, -0.15) is 5.10 Å². The van der Waals surface area contributed by atoms with Gasteiger partial charge in [0.05, 0.1) is 31.3 Å². The minimum absolute atomic E-state index is 0.295. The van der Waals surface area contributed by atoms with Gasteiger partial charge in [0.2, 0.25) is 0 Å². The Morgan fingerprint density at radius 3 is 2.44 bits per heavy atom. The molecule has 1 atom stereocenters. The molecule has 0 aliphatic heterocycles. The quantitative estimate of drug-likeness (QED) is 0.337. The largest absolute Gasteiger partial charge is 0.493 e. The fraction of sp³-hybridized carbons (Fsp3) is 0.154. The Labute approximate surface area is 196 Å². The van der Waals surface area contributed by atoms with E-state index in [1.54, 1.807) is 57.5 Å². The maximum Gasteiger partial charge on any atom is 0.263 e. The molecule has 0 saturated carbocycles. The summed E-state index contributed by atoms with van der Waals surface area (Å²) in [5, 5.41) is 4.50. The molecule has 4 aromatic rings. The van der Waals surface area contributed by atoms with E-state index in [0.717, 1.165) is 5.56 Å². The van der Waals surface area contributed by atoms with Gasteiger partial charge >= 0.3 is 0 Å². The lowest BCUT2D eigenvalue weighted by Crippen LogP contribution is -2.35. The highest BCUT2D eigenvalue weighted by Crippen LogP contribution is 2.27. The van der Waals surface area contributed by atoms with Crippen LogP contribution in [0.15, 0.2) is 82.7 Å². The molecule has 0 radical (unpaired) electrons. The van der Waals surface area contributed by atoms with Gasteiger partial charge in [0.1, 0.15) is 11.9 Å². The zero-order valence-corrected chi connectivity index (χ0v) is 19.1. The van der Waals surface area contributed by atoms with Gasteiger partial charge in [-0.1, -0.05) is 42.5 Å². The molecule has 172 valence electrons. The van der Waals surface area contributed by atoms with Crippen LogP contribution in [0.4, 0.5) is 0 Å². The highest BCUT2D eigenvalue weighted by atomic mass is 16.5. The third-order valence-corrected chi connectivity index (χ3v) is 5.40. The molecule has 34 heavy (non-hydrogen) atoms. The maximum absolute atomic E-state index is 13.4. The van der Waals surface area contributed by atoms with E-state index in [0.29, 0.717) is 33.8 Å². The fourth-order valence-corrected chi connectivity index (χ4v) is 3.61. The molecule has 1 heterocycles. The average molecular weight is 457 g/mol.